The first-order valence-corrected chi connectivity index (χ1v) is 8.07. The molecule has 1 rings (SSSR count). The standard InChI is InChI=1S/C17H35N/c1-13(2)11-15(12-14(3)4)18-16-9-7-8-10-17(16,5)6/h13-16,18H,7-12H2,1-6H3. The average molecular weight is 253 g/mol. The Balaban J connectivity index is 2.57. The fourth-order valence-electron chi connectivity index (χ4n) is 3.46. The molecule has 1 atom stereocenters. The zero-order chi connectivity index (χ0) is 13.8. The van der Waals surface area contributed by atoms with Gasteiger partial charge in [0, 0.05) is 12.1 Å². The molecule has 108 valence electrons. The van der Waals surface area contributed by atoms with Crippen LogP contribution in [-0.4, -0.2) is 12.1 Å². The van der Waals surface area contributed by atoms with Gasteiger partial charge in [-0.2, -0.15) is 0 Å². The minimum absolute atomic E-state index is 0.491. The molecule has 0 aromatic heterocycles. The molecular formula is C17H35N. The van der Waals surface area contributed by atoms with E-state index in [9.17, 15) is 0 Å². The van der Waals surface area contributed by atoms with Crippen LogP contribution in [0.5, 0.6) is 0 Å². The van der Waals surface area contributed by atoms with Crippen molar-refractivity contribution in [3.8, 4) is 0 Å². The van der Waals surface area contributed by atoms with Crippen LogP contribution in [0, 0.1) is 17.3 Å². The van der Waals surface area contributed by atoms with Crippen molar-refractivity contribution in [2.45, 2.75) is 92.2 Å². The van der Waals surface area contributed by atoms with Crippen molar-refractivity contribution in [2.75, 3.05) is 0 Å². The van der Waals surface area contributed by atoms with E-state index in [-0.39, 0.29) is 0 Å². The maximum absolute atomic E-state index is 4.01. The second kappa shape index (κ2) is 6.93. The second-order valence-electron chi connectivity index (χ2n) is 7.91. The van der Waals surface area contributed by atoms with Gasteiger partial charge in [-0.15, -0.1) is 0 Å². The van der Waals surface area contributed by atoms with Crippen molar-refractivity contribution in [1.29, 1.82) is 0 Å². The predicted molar refractivity (Wildman–Crippen MR) is 81.9 cm³/mol. The molecule has 18 heavy (non-hydrogen) atoms. The summed E-state index contributed by atoms with van der Waals surface area (Å²) in [7, 11) is 0. The van der Waals surface area contributed by atoms with Gasteiger partial charge in [0.2, 0.25) is 0 Å². The fourth-order valence-corrected chi connectivity index (χ4v) is 3.46. The Morgan fingerprint density at radius 1 is 1.00 bits per heavy atom. The molecule has 0 radical (unpaired) electrons. The van der Waals surface area contributed by atoms with Crippen molar-refractivity contribution in [3.05, 3.63) is 0 Å². The summed E-state index contributed by atoms with van der Waals surface area (Å²) < 4.78 is 0. The van der Waals surface area contributed by atoms with Crippen LogP contribution in [0.25, 0.3) is 0 Å². The predicted octanol–water partition coefficient (Wildman–Crippen LogP) is 5.01. The van der Waals surface area contributed by atoms with E-state index in [0.717, 1.165) is 17.9 Å². The first kappa shape index (κ1) is 16.0. The summed E-state index contributed by atoms with van der Waals surface area (Å²) >= 11 is 0. The molecule has 1 fully saturated rings. The molecule has 1 aliphatic carbocycles. The van der Waals surface area contributed by atoms with Crippen LogP contribution in [-0.2, 0) is 0 Å². The summed E-state index contributed by atoms with van der Waals surface area (Å²) in [6.07, 6.45) is 8.25. The van der Waals surface area contributed by atoms with Gasteiger partial charge >= 0.3 is 0 Å². The van der Waals surface area contributed by atoms with Crippen molar-refractivity contribution in [1.82, 2.24) is 5.32 Å². The van der Waals surface area contributed by atoms with E-state index in [0.29, 0.717) is 11.5 Å². The molecule has 1 heteroatoms. The molecule has 1 N–H and O–H groups in total. The van der Waals surface area contributed by atoms with Crippen molar-refractivity contribution in [2.24, 2.45) is 17.3 Å². The molecule has 0 aromatic rings. The summed E-state index contributed by atoms with van der Waals surface area (Å²) in [5.41, 5.74) is 0.491. The molecule has 0 amide bonds. The Morgan fingerprint density at radius 3 is 2.00 bits per heavy atom. The van der Waals surface area contributed by atoms with Gasteiger partial charge in [-0.3, -0.25) is 0 Å². The Hall–Kier alpha value is -0.0400. The highest BCUT2D eigenvalue weighted by molar-refractivity contribution is 4.90. The molecule has 1 aliphatic rings. The van der Waals surface area contributed by atoms with E-state index in [2.05, 4.69) is 46.9 Å². The van der Waals surface area contributed by atoms with E-state index in [1.165, 1.54) is 38.5 Å². The van der Waals surface area contributed by atoms with E-state index in [1.54, 1.807) is 0 Å². The van der Waals surface area contributed by atoms with Crippen LogP contribution in [0.1, 0.15) is 80.1 Å². The minimum atomic E-state index is 0.491. The molecule has 0 spiro atoms. The molecule has 0 heterocycles. The first-order chi connectivity index (χ1) is 8.31. The van der Waals surface area contributed by atoms with Gasteiger partial charge in [0.05, 0.1) is 0 Å². The van der Waals surface area contributed by atoms with Crippen LogP contribution in [0.3, 0.4) is 0 Å². The number of hydrogen-bond acceptors (Lipinski definition) is 1. The smallest absolute Gasteiger partial charge is 0.0121 e. The SMILES string of the molecule is CC(C)CC(CC(C)C)NC1CCCCC1(C)C. The number of hydrogen-bond donors (Lipinski definition) is 1. The first-order valence-electron chi connectivity index (χ1n) is 8.07. The topological polar surface area (TPSA) is 12.0 Å². The minimum Gasteiger partial charge on any atom is -0.311 e. The quantitative estimate of drug-likeness (QED) is 0.702. The molecule has 1 saturated carbocycles. The van der Waals surface area contributed by atoms with Crippen LogP contribution in [0.4, 0.5) is 0 Å². The van der Waals surface area contributed by atoms with E-state index < -0.39 is 0 Å². The Morgan fingerprint density at radius 2 is 1.56 bits per heavy atom. The van der Waals surface area contributed by atoms with E-state index >= 15 is 0 Å². The normalized spacial score (nSPS) is 24.2. The Labute approximate surface area is 115 Å². The van der Waals surface area contributed by atoms with Crippen LogP contribution in [0.2, 0.25) is 0 Å². The van der Waals surface area contributed by atoms with Crippen LogP contribution < -0.4 is 5.32 Å². The highest BCUT2D eigenvalue weighted by atomic mass is 15.0. The molecule has 1 unspecified atom stereocenters. The van der Waals surface area contributed by atoms with E-state index in [1.807, 2.05) is 0 Å². The maximum Gasteiger partial charge on any atom is 0.0121 e. The summed E-state index contributed by atoms with van der Waals surface area (Å²) in [5.74, 6) is 1.60. The molecular weight excluding hydrogens is 218 g/mol. The van der Waals surface area contributed by atoms with Gasteiger partial charge in [0.15, 0.2) is 0 Å². The highest BCUT2D eigenvalue weighted by Gasteiger charge is 2.33. The lowest BCUT2D eigenvalue weighted by atomic mass is 9.72. The average Bonchev–Trinajstić information content (AvgIpc) is 2.19. The zero-order valence-corrected chi connectivity index (χ0v) is 13.6. The number of rotatable bonds is 6. The molecule has 1 nitrogen and oxygen atoms in total. The van der Waals surface area contributed by atoms with Gasteiger partial charge in [-0.1, -0.05) is 54.4 Å². The van der Waals surface area contributed by atoms with Gasteiger partial charge in [0.1, 0.15) is 0 Å². The summed E-state index contributed by atoms with van der Waals surface area (Å²) in [6, 6.07) is 1.45. The van der Waals surface area contributed by atoms with Crippen LogP contribution >= 0.6 is 0 Å². The maximum atomic E-state index is 4.01. The van der Waals surface area contributed by atoms with Crippen LogP contribution in [0.15, 0.2) is 0 Å². The Bertz CT molecular complexity index is 220. The lowest BCUT2D eigenvalue weighted by Gasteiger charge is -2.42. The lowest BCUT2D eigenvalue weighted by molar-refractivity contribution is 0.145. The third-order valence-corrected chi connectivity index (χ3v) is 4.46. The van der Waals surface area contributed by atoms with Gasteiger partial charge in [-0.05, 0) is 42.9 Å². The summed E-state index contributed by atoms with van der Waals surface area (Å²) in [4.78, 5) is 0. The monoisotopic (exact) mass is 253 g/mol. The summed E-state index contributed by atoms with van der Waals surface area (Å²) in [5, 5.41) is 4.01. The van der Waals surface area contributed by atoms with Gasteiger partial charge < -0.3 is 5.32 Å². The van der Waals surface area contributed by atoms with Crippen molar-refractivity contribution < 1.29 is 0 Å². The van der Waals surface area contributed by atoms with Gasteiger partial charge in [0.25, 0.3) is 0 Å². The Kier molecular flexibility index (Phi) is 6.17. The molecule has 0 bridgehead atoms. The second-order valence-corrected chi connectivity index (χ2v) is 7.91. The van der Waals surface area contributed by atoms with E-state index in [4.69, 9.17) is 0 Å². The third-order valence-electron chi connectivity index (χ3n) is 4.46. The van der Waals surface area contributed by atoms with Crippen molar-refractivity contribution >= 4 is 0 Å². The molecule has 0 aliphatic heterocycles. The fraction of sp³-hybridized carbons (Fsp3) is 1.00. The molecule has 0 saturated heterocycles. The number of nitrogens with one attached hydrogen (secondary N) is 1. The third kappa shape index (κ3) is 5.30. The zero-order valence-electron chi connectivity index (χ0n) is 13.6. The highest BCUT2D eigenvalue weighted by Crippen LogP contribution is 2.36. The largest absolute Gasteiger partial charge is 0.311 e. The van der Waals surface area contributed by atoms with Gasteiger partial charge in [-0.25, -0.2) is 0 Å². The summed E-state index contributed by atoms with van der Waals surface area (Å²) in [6.45, 7) is 14.3. The molecule has 0 aromatic carbocycles. The van der Waals surface area contributed by atoms with Crippen molar-refractivity contribution in [3.63, 3.8) is 0 Å². The lowest BCUT2D eigenvalue weighted by Crippen LogP contribution is -2.49.